The highest BCUT2D eigenvalue weighted by molar-refractivity contribution is 6.31. The van der Waals surface area contributed by atoms with Gasteiger partial charge in [0.25, 0.3) is 0 Å². The first-order chi connectivity index (χ1) is 5.79. The number of rotatable bonds is 0. The monoisotopic (exact) mass is 183 g/mol. The molecule has 2 nitrogen and oxygen atoms in total. The Hall–Kier alpha value is -0.570. The maximum absolute atomic E-state index is 9.56. The van der Waals surface area contributed by atoms with Gasteiger partial charge in [-0.3, -0.25) is 0 Å². The molecular weight excluding hydrogens is 174 g/mol. The summed E-state index contributed by atoms with van der Waals surface area (Å²) in [6.07, 6.45) is -0.410. The standard InChI is InChI=1S/C9H10ClNO/c10-8-3-1-2-6-7(8)4-11-5-9(6)12/h1-3,9,11-12H,4-5H2. The lowest BCUT2D eigenvalue weighted by Gasteiger charge is -2.22. The molecule has 0 aromatic heterocycles. The Labute approximate surface area is 76.2 Å². The van der Waals surface area contributed by atoms with Crippen LogP contribution in [-0.2, 0) is 6.54 Å². The van der Waals surface area contributed by atoms with Crippen LogP contribution in [0.2, 0.25) is 5.02 Å². The molecule has 0 amide bonds. The summed E-state index contributed by atoms with van der Waals surface area (Å²) in [5.41, 5.74) is 1.99. The third-order valence-corrected chi connectivity index (χ3v) is 2.51. The minimum Gasteiger partial charge on any atom is -0.387 e. The van der Waals surface area contributed by atoms with E-state index in [0.29, 0.717) is 6.54 Å². The van der Waals surface area contributed by atoms with E-state index in [9.17, 15) is 5.11 Å². The number of aliphatic hydroxyl groups is 1. The van der Waals surface area contributed by atoms with E-state index in [1.807, 2.05) is 18.2 Å². The number of halogens is 1. The van der Waals surface area contributed by atoms with Gasteiger partial charge in [-0.2, -0.15) is 0 Å². The summed E-state index contributed by atoms with van der Waals surface area (Å²) in [6.45, 7) is 1.37. The van der Waals surface area contributed by atoms with Gasteiger partial charge >= 0.3 is 0 Å². The first-order valence-electron chi connectivity index (χ1n) is 3.95. The molecule has 12 heavy (non-hydrogen) atoms. The van der Waals surface area contributed by atoms with Crippen LogP contribution >= 0.6 is 11.6 Å². The first-order valence-corrected chi connectivity index (χ1v) is 4.33. The fourth-order valence-corrected chi connectivity index (χ4v) is 1.77. The molecule has 0 aliphatic carbocycles. The number of fused-ring (bicyclic) bond motifs is 1. The molecule has 0 saturated heterocycles. The summed E-state index contributed by atoms with van der Waals surface area (Å²) in [5.74, 6) is 0. The molecule has 0 spiro atoms. The molecular formula is C9H10ClNO. The molecule has 0 saturated carbocycles. The van der Waals surface area contributed by atoms with E-state index in [2.05, 4.69) is 5.32 Å². The lowest BCUT2D eigenvalue weighted by Crippen LogP contribution is -2.28. The molecule has 64 valence electrons. The van der Waals surface area contributed by atoms with Crippen LogP contribution < -0.4 is 5.32 Å². The molecule has 0 radical (unpaired) electrons. The highest BCUT2D eigenvalue weighted by Gasteiger charge is 2.18. The SMILES string of the molecule is OC1CNCc2c(Cl)cccc21. The zero-order valence-electron chi connectivity index (χ0n) is 6.55. The van der Waals surface area contributed by atoms with Crippen LogP contribution in [0.4, 0.5) is 0 Å². The Morgan fingerprint density at radius 2 is 2.33 bits per heavy atom. The average Bonchev–Trinajstić information content (AvgIpc) is 2.07. The van der Waals surface area contributed by atoms with Crippen LogP contribution in [0.15, 0.2) is 18.2 Å². The summed E-state index contributed by atoms with van der Waals surface area (Å²) >= 11 is 5.96. The first kappa shape index (κ1) is 8.05. The number of nitrogens with one attached hydrogen (secondary N) is 1. The largest absolute Gasteiger partial charge is 0.387 e. The lowest BCUT2D eigenvalue weighted by molar-refractivity contribution is 0.165. The average molecular weight is 184 g/mol. The van der Waals surface area contributed by atoms with Crippen LogP contribution in [0.25, 0.3) is 0 Å². The second-order valence-electron chi connectivity index (χ2n) is 2.95. The van der Waals surface area contributed by atoms with Gasteiger partial charge in [-0.1, -0.05) is 23.7 Å². The van der Waals surface area contributed by atoms with Gasteiger partial charge < -0.3 is 10.4 Å². The molecule has 2 N–H and O–H groups in total. The van der Waals surface area contributed by atoms with Crippen LogP contribution in [0.3, 0.4) is 0 Å². The van der Waals surface area contributed by atoms with Crippen molar-refractivity contribution in [3.05, 3.63) is 34.3 Å². The molecule has 1 aromatic carbocycles. The van der Waals surface area contributed by atoms with E-state index in [-0.39, 0.29) is 0 Å². The summed E-state index contributed by atoms with van der Waals surface area (Å²) < 4.78 is 0. The third-order valence-electron chi connectivity index (χ3n) is 2.15. The van der Waals surface area contributed by atoms with Gasteiger partial charge in [-0.25, -0.2) is 0 Å². The van der Waals surface area contributed by atoms with E-state index in [4.69, 9.17) is 11.6 Å². The van der Waals surface area contributed by atoms with Gasteiger partial charge in [0.05, 0.1) is 6.10 Å². The van der Waals surface area contributed by atoms with Crippen molar-refractivity contribution in [2.45, 2.75) is 12.6 Å². The molecule has 1 heterocycles. The molecule has 1 aliphatic heterocycles. The summed E-state index contributed by atoms with van der Waals surface area (Å²) in [6, 6.07) is 5.64. The van der Waals surface area contributed by atoms with Crippen molar-refractivity contribution in [3.8, 4) is 0 Å². The van der Waals surface area contributed by atoms with Crippen molar-refractivity contribution < 1.29 is 5.11 Å². The zero-order valence-corrected chi connectivity index (χ0v) is 7.30. The predicted octanol–water partition coefficient (Wildman–Crippen LogP) is 1.48. The van der Waals surface area contributed by atoms with Crippen molar-refractivity contribution in [2.75, 3.05) is 6.54 Å². The summed E-state index contributed by atoms with van der Waals surface area (Å²) in [5, 5.41) is 13.4. The molecule has 1 aliphatic rings. The Morgan fingerprint density at radius 1 is 1.50 bits per heavy atom. The van der Waals surface area contributed by atoms with Crippen molar-refractivity contribution in [3.63, 3.8) is 0 Å². The lowest BCUT2D eigenvalue weighted by atomic mass is 9.99. The third kappa shape index (κ3) is 1.22. The van der Waals surface area contributed by atoms with E-state index in [1.54, 1.807) is 0 Å². The minimum atomic E-state index is -0.410. The fraction of sp³-hybridized carbons (Fsp3) is 0.333. The van der Waals surface area contributed by atoms with Crippen molar-refractivity contribution in [2.24, 2.45) is 0 Å². The van der Waals surface area contributed by atoms with Gasteiger partial charge in [-0.15, -0.1) is 0 Å². The molecule has 1 aromatic rings. The minimum absolute atomic E-state index is 0.410. The van der Waals surface area contributed by atoms with E-state index in [1.165, 1.54) is 0 Å². The Kier molecular flexibility index (Phi) is 2.05. The maximum atomic E-state index is 9.56. The Morgan fingerprint density at radius 3 is 3.08 bits per heavy atom. The summed E-state index contributed by atoms with van der Waals surface area (Å²) in [7, 11) is 0. The van der Waals surface area contributed by atoms with Crippen molar-refractivity contribution in [1.29, 1.82) is 0 Å². The zero-order chi connectivity index (χ0) is 8.55. The Bertz CT molecular complexity index is 301. The number of β-amino-alcohol motifs (C(OH)–C–C–N with tert-alkyl or cyclic N) is 1. The fourth-order valence-electron chi connectivity index (χ4n) is 1.52. The van der Waals surface area contributed by atoms with Gasteiger partial charge in [-0.05, 0) is 17.2 Å². The predicted molar refractivity (Wildman–Crippen MR) is 48.1 cm³/mol. The van der Waals surface area contributed by atoms with Gasteiger partial charge in [0.1, 0.15) is 0 Å². The second-order valence-corrected chi connectivity index (χ2v) is 3.36. The van der Waals surface area contributed by atoms with Crippen molar-refractivity contribution >= 4 is 11.6 Å². The quantitative estimate of drug-likeness (QED) is 0.639. The smallest absolute Gasteiger partial charge is 0.0918 e. The van der Waals surface area contributed by atoms with Crippen molar-refractivity contribution in [1.82, 2.24) is 5.32 Å². The van der Waals surface area contributed by atoms with Crippen LogP contribution in [0.5, 0.6) is 0 Å². The van der Waals surface area contributed by atoms with Crippen LogP contribution in [0, 0.1) is 0 Å². The van der Waals surface area contributed by atoms with E-state index >= 15 is 0 Å². The highest BCUT2D eigenvalue weighted by atomic mass is 35.5. The molecule has 0 fully saturated rings. The summed E-state index contributed by atoms with van der Waals surface area (Å²) in [4.78, 5) is 0. The van der Waals surface area contributed by atoms with Crippen LogP contribution in [0.1, 0.15) is 17.2 Å². The second kappa shape index (κ2) is 3.05. The molecule has 1 atom stereocenters. The molecule has 2 rings (SSSR count). The molecule has 0 bridgehead atoms. The van der Waals surface area contributed by atoms with Gasteiger partial charge in [0, 0.05) is 18.1 Å². The highest BCUT2D eigenvalue weighted by Crippen LogP contribution is 2.27. The molecule has 3 heteroatoms. The van der Waals surface area contributed by atoms with Gasteiger partial charge in [0.2, 0.25) is 0 Å². The number of hydrogen-bond donors (Lipinski definition) is 2. The molecule has 1 unspecified atom stereocenters. The number of benzene rings is 1. The normalized spacial score (nSPS) is 22.0. The van der Waals surface area contributed by atoms with E-state index < -0.39 is 6.10 Å². The Balaban J connectivity index is 2.52. The van der Waals surface area contributed by atoms with Gasteiger partial charge in [0.15, 0.2) is 0 Å². The number of aliphatic hydroxyl groups excluding tert-OH is 1. The topological polar surface area (TPSA) is 32.3 Å². The van der Waals surface area contributed by atoms with E-state index in [0.717, 1.165) is 22.7 Å². The number of hydrogen-bond acceptors (Lipinski definition) is 2. The van der Waals surface area contributed by atoms with Crippen LogP contribution in [-0.4, -0.2) is 11.7 Å². The maximum Gasteiger partial charge on any atom is 0.0918 e.